The molecule has 0 bridgehead atoms. The normalized spacial score (nSPS) is 12.9. The number of aromatic amines is 1. The second-order valence-corrected chi connectivity index (χ2v) is 3.87. The van der Waals surface area contributed by atoms with Crippen LogP contribution in [-0.4, -0.2) is 16.6 Å². The molecule has 1 atom stereocenters. The fourth-order valence-electron chi connectivity index (χ4n) is 1.78. The van der Waals surface area contributed by atoms with E-state index in [0.717, 1.165) is 22.0 Å². The number of hydrogen-bond donors (Lipinski definition) is 3. The van der Waals surface area contributed by atoms with Gasteiger partial charge >= 0.3 is 0 Å². The van der Waals surface area contributed by atoms with Crippen LogP contribution in [0.1, 0.15) is 17.2 Å². The van der Waals surface area contributed by atoms with E-state index in [-0.39, 0.29) is 12.1 Å². The number of aliphatic hydroxyl groups excluding tert-OH is 1. The summed E-state index contributed by atoms with van der Waals surface area (Å²) in [4.78, 5) is 14.0. The summed E-state index contributed by atoms with van der Waals surface area (Å²) in [5.74, 6) is 0. The van der Waals surface area contributed by atoms with Crippen LogP contribution in [0.25, 0.3) is 10.9 Å². The van der Waals surface area contributed by atoms with Gasteiger partial charge in [0.15, 0.2) is 0 Å². The molecular weight excluding hydrogens is 204 g/mol. The summed E-state index contributed by atoms with van der Waals surface area (Å²) in [6.45, 7) is 2.06. The largest absolute Gasteiger partial charge is 0.387 e. The van der Waals surface area contributed by atoms with E-state index in [9.17, 15) is 9.90 Å². The predicted molar refractivity (Wildman–Crippen MR) is 63.3 cm³/mol. The predicted octanol–water partition coefficient (Wildman–Crippen LogP) is 0.829. The minimum Gasteiger partial charge on any atom is -0.387 e. The number of rotatable bonds is 2. The topological polar surface area (TPSA) is 79.1 Å². The third-order valence-electron chi connectivity index (χ3n) is 2.68. The monoisotopic (exact) mass is 218 g/mol. The molecule has 0 aliphatic rings. The van der Waals surface area contributed by atoms with Crippen LogP contribution in [0, 0.1) is 6.92 Å². The van der Waals surface area contributed by atoms with E-state index in [1.54, 1.807) is 18.2 Å². The zero-order chi connectivity index (χ0) is 11.7. The molecule has 16 heavy (non-hydrogen) atoms. The van der Waals surface area contributed by atoms with E-state index in [0.29, 0.717) is 0 Å². The van der Waals surface area contributed by atoms with Gasteiger partial charge in [0, 0.05) is 23.5 Å². The number of benzene rings is 1. The number of H-pyrrole nitrogens is 1. The molecule has 0 saturated heterocycles. The Labute approximate surface area is 92.7 Å². The molecule has 2 aromatic rings. The van der Waals surface area contributed by atoms with Crippen molar-refractivity contribution in [3.63, 3.8) is 0 Å². The molecule has 0 spiro atoms. The molecule has 0 aliphatic carbocycles. The smallest absolute Gasteiger partial charge is 0.248 e. The molecule has 1 heterocycles. The number of nitrogens with two attached hydrogens (primary N) is 1. The molecule has 0 aliphatic heterocycles. The zero-order valence-electron chi connectivity index (χ0n) is 9.03. The van der Waals surface area contributed by atoms with Crippen molar-refractivity contribution in [3.05, 3.63) is 45.7 Å². The van der Waals surface area contributed by atoms with E-state index in [1.165, 1.54) is 0 Å². The van der Waals surface area contributed by atoms with Crippen molar-refractivity contribution in [1.29, 1.82) is 0 Å². The molecule has 1 unspecified atom stereocenters. The van der Waals surface area contributed by atoms with E-state index < -0.39 is 6.10 Å². The number of aryl methyl sites for hydroxylation is 1. The molecule has 4 N–H and O–H groups in total. The lowest BCUT2D eigenvalue weighted by Gasteiger charge is -2.10. The van der Waals surface area contributed by atoms with Crippen LogP contribution < -0.4 is 11.3 Å². The first-order chi connectivity index (χ1) is 7.61. The van der Waals surface area contributed by atoms with Crippen LogP contribution in [0.2, 0.25) is 0 Å². The van der Waals surface area contributed by atoms with Crippen LogP contribution >= 0.6 is 0 Å². The molecule has 0 amide bonds. The zero-order valence-corrected chi connectivity index (χ0v) is 9.03. The maximum absolute atomic E-state index is 11.3. The fourth-order valence-corrected chi connectivity index (χ4v) is 1.78. The lowest BCUT2D eigenvalue weighted by atomic mass is 10.0. The quantitative estimate of drug-likeness (QED) is 0.698. The van der Waals surface area contributed by atoms with E-state index in [4.69, 9.17) is 5.73 Å². The lowest BCUT2D eigenvalue weighted by Crippen LogP contribution is -2.12. The number of pyridine rings is 1. The van der Waals surface area contributed by atoms with Crippen molar-refractivity contribution in [3.8, 4) is 0 Å². The number of nitrogens with one attached hydrogen (secondary N) is 1. The Balaban J connectivity index is 2.66. The van der Waals surface area contributed by atoms with Gasteiger partial charge in [-0.2, -0.15) is 0 Å². The van der Waals surface area contributed by atoms with Gasteiger partial charge in [-0.05, 0) is 30.2 Å². The summed E-state index contributed by atoms with van der Waals surface area (Å²) in [5, 5.41) is 10.6. The number of fused-ring (bicyclic) bond motifs is 1. The van der Waals surface area contributed by atoms with Crippen LogP contribution in [0.15, 0.2) is 29.1 Å². The molecule has 4 heteroatoms. The molecule has 0 saturated carbocycles. The van der Waals surface area contributed by atoms with Gasteiger partial charge in [0.1, 0.15) is 0 Å². The highest BCUT2D eigenvalue weighted by Crippen LogP contribution is 2.20. The van der Waals surface area contributed by atoms with Crippen LogP contribution in [0.3, 0.4) is 0 Å². The van der Waals surface area contributed by atoms with Gasteiger partial charge in [0.2, 0.25) is 5.56 Å². The van der Waals surface area contributed by atoms with Crippen LogP contribution in [-0.2, 0) is 0 Å². The summed E-state index contributed by atoms with van der Waals surface area (Å²) in [6.07, 6.45) is -0.657. The summed E-state index contributed by atoms with van der Waals surface area (Å²) < 4.78 is 0. The van der Waals surface area contributed by atoms with Crippen molar-refractivity contribution in [2.45, 2.75) is 13.0 Å². The van der Waals surface area contributed by atoms with Crippen LogP contribution in [0.4, 0.5) is 0 Å². The van der Waals surface area contributed by atoms with Crippen molar-refractivity contribution in [2.75, 3.05) is 6.54 Å². The Bertz CT molecular complexity index is 575. The number of aliphatic hydroxyl groups is 1. The van der Waals surface area contributed by atoms with Crippen molar-refractivity contribution < 1.29 is 5.11 Å². The minimum atomic E-state index is -0.657. The Hall–Kier alpha value is -1.65. The standard InChI is InChI=1S/C12H14N2O2/c1-7-4-12(16)14-10-3-2-8(5-9(7)10)11(15)6-13/h2-5,11,15H,6,13H2,1H3,(H,14,16). The maximum Gasteiger partial charge on any atom is 0.248 e. The molecule has 4 nitrogen and oxygen atoms in total. The second kappa shape index (κ2) is 4.08. The summed E-state index contributed by atoms with van der Waals surface area (Å²) >= 11 is 0. The van der Waals surface area contributed by atoms with Gasteiger partial charge in [0.25, 0.3) is 0 Å². The molecule has 0 fully saturated rings. The highest BCUT2D eigenvalue weighted by atomic mass is 16.3. The number of hydrogen-bond acceptors (Lipinski definition) is 3. The first-order valence-corrected chi connectivity index (χ1v) is 5.13. The highest BCUT2D eigenvalue weighted by molar-refractivity contribution is 5.82. The Kier molecular flexibility index (Phi) is 2.77. The van der Waals surface area contributed by atoms with Gasteiger partial charge in [-0.25, -0.2) is 0 Å². The summed E-state index contributed by atoms with van der Waals surface area (Å²) in [5.41, 5.74) is 7.73. The van der Waals surface area contributed by atoms with Gasteiger partial charge in [-0.15, -0.1) is 0 Å². The first kappa shape index (κ1) is 10.9. The minimum absolute atomic E-state index is 0.114. The van der Waals surface area contributed by atoms with Crippen molar-refractivity contribution >= 4 is 10.9 Å². The molecule has 2 rings (SSSR count). The van der Waals surface area contributed by atoms with Gasteiger partial charge < -0.3 is 15.8 Å². The Morgan fingerprint density at radius 2 is 2.19 bits per heavy atom. The van der Waals surface area contributed by atoms with Gasteiger partial charge in [-0.1, -0.05) is 6.07 Å². The Morgan fingerprint density at radius 3 is 2.88 bits per heavy atom. The second-order valence-electron chi connectivity index (χ2n) is 3.87. The van der Waals surface area contributed by atoms with Gasteiger partial charge in [-0.3, -0.25) is 4.79 Å². The fraction of sp³-hybridized carbons (Fsp3) is 0.250. The molecule has 1 aromatic heterocycles. The molecule has 1 aromatic carbocycles. The van der Waals surface area contributed by atoms with Gasteiger partial charge in [0.05, 0.1) is 6.10 Å². The van der Waals surface area contributed by atoms with Crippen molar-refractivity contribution in [2.24, 2.45) is 5.73 Å². The highest BCUT2D eigenvalue weighted by Gasteiger charge is 2.07. The van der Waals surface area contributed by atoms with E-state index >= 15 is 0 Å². The third kappa shape index (κ3) is 1.85. The maximum atomic E-state index is 11.3. The van der Waals surface area contributed by atoms with Crippen LogP contribution in [0.5, 0.6) is 0 Å². The summed E-state index contributed by atoms with van der Waals surface area (Å²) in [6, 6.07) is 6.96. The molecule has 0 radical (unpaired) electrons. The first-order valence-electron chi connectivity index (χ1n) is 5.13. The molecule has 84 valence electrons. The average Bonchev–Trinajstić information content (AvgIpc) is 2.27. The lowest BCUT2D eigenvalue weighted by molar-refractivity contribution is 0.187. The number of aromatic nitrogens is 1. The van der Waals surface area contributed by atoms with E-state index in [1.807, 2.05) is 13.0 Å². The Morgan fingerprint density at radius 1 is 1.44 bits per heavy atom. The third-order valence-corrected chi connectivity index (χ3v) is 2.68. The average molecular weight is 218 g/mol. The van der Waals surface area contributed by atoms with Crippen molar-refractivity contribution in [1.82, 2.24) is 4.98 Å². The summed E-state index contributed by atoms with van der Waals surface area (Å²) in [7, 11) is 0. The van der Waals surface area contributed by atoms with E-state index in [2.05, 4.69) is 4.98 Å². The SMILES string of the molecule is Cc1cc(=O)[nH]c2ccc(C(O)CN)cc12. The molecular formula is C12H14N2O2.